The van der Waals surface area contributed by atoms with E-state index < -0.39 is 17.5 Å². The van der Waals surface area contributed by atoms with Crippen LogP contribution in [-0.2, 0) is 41.7 Å². The molecule has 2 heterocycles. The van der Waals surface area contributed by atoms with Gasteiger partial charge in [-0.3, -0.25) is 14.7 Å². The fourth-order valence-corrected chi connectivity index (χ4v) is 5.35. The van der Waals surface area contributed by atoms with Crippen molar-refractivity contribution in [3.63, 3.8) is 0 Å². The third-order valence-electron chi connectivity index (χ3n) is 7.93. The molecule has 7 nitrogen and oxygen atoms in total. The molecule has 1 aliphatic carbocycles. The molecule has 0 radical (unpaired) electrons. The van der Waals surface area contributed by atoms with Gasteiger partial charge in [-0.2, -0.15) is 13.2 Å². The smallest absolute Gasteiger partial charge is 0.416 e. The molecule has 0 N–H and O–H groups in total. The maximum Gasteiger partial charge on any atom is 0.416 e. The molecule has 3 aromatic rings. The number of benzene rings is 2. The summed E-state index contributed by atoms with van der Waals surface area (Å²) in [7, 11) is 3.34. The molecule has 0 bridgehead atoms. The fraction of sp³-hybridized carbons (Fsp3) is 0.364. The molecule has 226 valence electrons. The number of Topliss-reactive ketones (excluding diaryl/α,β-unsaturated/α-hetero) is 1. The van der Waals surface area contributed by atoms with Crippen molar-refractivity contribution in [2.45, 2.75) is 39.1 Å². The van der Waals surface area contributed by atoms with Gasteiger partial charge in [0, 0.05) is 68.5 Å². The van der Waals surface area contributed by atoms with Crippen molar-refractivity contribution in [3.05, 3.63) is 98.9 Å². The lowest BCUT2D eigenvalue weighted by atomic mass is 9.97. The molecule has 0 spiro atoms. The normalized spacial score (nSPS) is 15.6. The second-order valence-electron chi connectivity index (χ2n) is 11.2. The summed E-state index contributed by atoms with van der Waals surface area (Å²) in [6.45, 7) is 5.29. The third kappa shape index (κ3) is 7.32. The summed E-state index contributed by atoms with van der Waals surface area (Å²) in [4.78, 5) is 33.6. The predicted octanol–water partition coefficient (Wildman–Crippen LogP) is 5.27. The molecular formula is C33H34F3N3O4. The van der Waals surface area contributed by atoms with Gasteiger partial charge in [0.1, 0.15) is 12.4 Å². The number of nitrogens with zero attached hydrogens (tertiary/aromatic N) is 3. The number of rotatable bonds is 9. The van der Waals surface area contributed by atoms with E-state index in [9.17, 15) is 22.8 Å². The van der Waals surface area contributed by atoms with Crippen LogP contribution in [0, 0.1) is 6.92 Å². The van der Waals surface area contributed by atoms with E-state index in [2.05, 4.69) is 9.88 Å². The van der Waals surface area contributed by atoms with E-state index in [0.717, 1.165) is 41.5 Å². The van der Waals surface area contributed by atoms with Gasteiger partial charge in [0.25, 0.3) is 0 Å². The number of halogens is 3. The Hall–Kier alpha value is -4.02. The predicted molar refractivity (Wildman–Crippen MR) is 156 cm³/mol. The van der Waals surface area contributed by atoms with E-state index >= 15 is 0 Å². The van der Waals surface area contributed by atoms with Crippen molar-refractivity contribution in [2.75, 3.05) is 40.3 Å². The number of hydrogen-bond acceptors (Lipinski definition) is 7. The molecule has 10 heteroatoms. The summed E-state index contributed by atoms with van der Waals surface area (Å²) in [5.41, 5.74) is 3.92. The van der Waals surface area contributed by atoms with Gasteiger partial charge in [0.2, 0.25) is 0 Å². The highest BCUT2D eigenvalue weighted by atomic mass is 19.4. The summed E-state index contributed by atoms with van der Waals surface area (Å²) < 4.78 is 52.9. The number of aryl methyl sites for hydroxylation is 1. The zero-order valence-corrected chi connectivity index (χ0v) is 24.5. The minimum atomic E-state index is -4.56. The van der Waals surface area contributed by atoms with Crippen molar-refractivity contribution in [2.24, 2.45) is 0 Å². The highest BCUT2D eigenvalue weighted by Gasteiger charge is 2.34. The molecule has 1 aliphatic heterocycles. The number of ether oxygens (including phenoxy) is 2. The summed E-state index contributed by atoms with van der Waals surface area (Å²) in [6.07, 6.45) is -0.749. The van der Waals surface area contributed by atoms with Gasteiger partial charge in [-0.05, 0) is 60.5 Å². The monoisotopic (exact) mass is 593 g/mol. The van der Waals surface area contributed by atoms with Crippen LogP contribution in [0.3, 0.4) is 0 Å². The Bertz CT molecular complexity index is 1560. The number of methoxy groups -OCH3 is 1. The average Bonchev–Trinajstić information content (AvgIpc) is 3.41. The van der Waals surface area contributed by atoms with Crippen LogP contribution in [-0.4, -0.2) is 66.9 Å². The zero-order valence-electron chi connectivity index (χ0n) is 24.5. The van der Waals surface area contributed by atoms with E-state index in [4.69, 9.17) is 9.47 Å². The van der Waals surface area contributed by atoms with Crippen LogP contribution in [0.4, 0.5) is 13.2 Å². The summed E-state index contributed by atoms with van der Waals surface area (Å²) >= 11 is 0. The summed E-state index contributed by atoms with van der Waals surface area (Å²) in [5.74, 6) is -0.216. The number of pyridine rings is 1. The first kappa shape index (κ1) is 30.4. The number of esters is 1. The van der Waals surface area contributed by atoms with Crippen molar-refractivity contribution >= 4 is 17.8 Å². The minimum Gasteiger partial charge on any atom is -0.489 e. The van der Waals surface area contributed by atoms with Gasteiger partial charge in [-0.15, -0.1) is 0 Å². The molecule has 1 aromatic heterocycles. The van der Waals surface area contributed by atoms with Crippen LogP contribution in [0.1, 0.15) is 49.4 Å². The molecule has 43 heavy (non-hydrogen) atoms. The lowest BCUT2D eigenvalue weighted by Gasteiger charge is -2.33. The number of piperazine rings is 1. The maximum absolute atomic E-state index is 14.0. The van der Waals surface area contributed by atoms with Crippen molar-refractivity contribution in [3.8, 4) is 5.75 Å². The number of carbonyl (C=O) groups is 2. The number of ketones is 1. The topological polar surface area (TPSA) is 72.0 Å². The van der Waals surface area contributed by atoms with Gasteiger partial charge in [0.05, 0.1) is 18.4 Å². The molecule has 0 saturated carbocycles. The molecule has 1 saturated heterocycles. The van der Waals surface area contributed by atoms with Crippen molar-refractivity contribution in [1.82, 2.24) is 14.8 Å². The van der Waals surface area contributed by atoms with Crippen LogP contribution >= 0.6 is 0 Å². The Labute approximate surface area is 248 Å². The van der Waals surface area contributed by atoms with Crippen LogP contribution in [0.25, 0.3) is 6.08 Å². The lowest BCUT2D eigenvalue weighted by molar-refractivity contribution is -0.138. The standard InChI is InChI=1S/C33H34F3N3O4/c1-21-4-5-22(14-31(21)43-20-23-12-26-15-27(32(41)42-3)17-29(26)37-18-23)13-30(40)24-6-7-25(28(16-24)33(34,35)36)19-39-10-8-38(2)9-11-39/h4-7,12,14-16,18H,8-11,13,17,19-20H2,1-3H3. The van der Waals surface area contributed by atoms with Gasteiger partial charge in [-0.1, -0.05) is 24.3 Å². The number of alkyl halides is 3. The molecule has 0 atom stereocenters. The minimum absolute atomic E-state index is 0.0288. The number of hydrogen-bond donors (Lipinski definition) is 0. The Morgan fingerprint density at radius 1 is 1.00 bits per heavy atom. The summed E-state index contributed by atoms with van der Waals surface area (Å²) in [6, 6.07) is 11.2. The average molecular weight is 594 g/mol. The van der Waals surface area contributed by atoms with Gasteiger partial charge < -0.3 is 14.4 Å². The molecule has 1 fully saturated rings. The molecular weight excluding hydrogens is 559 g/mol. The van der Waals surface area contributed by atoms with E-state index in [0.29, 0.717) is 36.4 Å². The number of fused-ring (bicyclic) bond motifs is 1. The fourth-order valence-electron chi connectivity index (χ4n) is 5.35. The van der Waals surface area contributed by atoms with E-state index in [1.165, 1.54) is 19.2 Å². The van der Waals surface area contributed by atoms with E-state index in [-0.39, 0.29) is 36.7 Å². The van der Waals surface area contributed by atoms with Crippen molar-refractivity contribution < 1.29 is 32.2 Å². The van der Waals surface area contributed by atoms with Crippen LogP contribution in [0.2, 0.25) is 0 Å². The van der Waals surface area contributed by atoms with E-state index in [1.807, 2.05) is 31.0 Å². The van der Waals surface area contributed by atoms with Gasteiger partial charge in [-0.25, -0.2) is 4.79 Å². The maximum atomic E-state index is 14.0. The van der Waals surface area contributed by atoms with Gasteiger partial charge >= 0.3 is 12.1 Å². The number of carbonyl (C=O) groups excluding carboxylic acids is 2. The largest absolute Gasteiger partial charge is 0.489 e. The van der Waals surface area contributed by atoms with Crippen LogP contribution in [0.5, 0.6) is 5.75 Å². The molecule has 2 aliphatic rings. The molecule has 5 rings (SSSR count). The first-order chi connectivity index (χ1) is 20.5. The third-order valence-corrected chi connectivity index (χ3v) is 7.93. The highest BCUT2D eigenvalue weighted by molar-refractivity contribution is 5.98. The highest BCUT2D eigenvalue weighted by Crippen LogP contribution is 2.34. The Morgan fingerprint density at radius 2 is 1.77 bits per heavy atom. The zero-order chi connectivity index (χ0) is 30.7. The second kappa shape index (κ2) is 12.7. The van der Waals surface area contributed by atoms with Crippen molar-refractivity contribution in [1.29, 1.82) is 0 Å². The first-order valence-corrected chi connectivity index (χ1v) is 14.1. The first-order valence-electron chi connectivity index (χ1n) is 14.1. The molecule has 0 unspecified atom stereocenters. The molecule has 2 aromatic carbocycles. The Kier molecular flexibility index (Phi) is 8.98. The second-order valence-corrected chi connectivity index (χ2v) is 11.2. The quantitative estimate of drug-likeness (QED) is 0.247. The summed E-state index contributed by atoms with van der Waals surface area (Å²) in [5, 5.41) is 0. The van der Waals surface area contributed by atoms with Crippen LogP contribution in [0.15, 0.2) is 54.2 Å². The Morgan fingerprint density at radius 3 is 2.49 bits per heavy atom. The van der Waals surface area contributed by atoms with Gasteiger partial charge in [0.15, 0.2) is 5.78 Å². The van der Waals surface area contributed by atoms with Crippen LogP contribution < -0.4 is 4.74 Å². The number of aromatic nitrogens is 1. The SMILES string of the molecule is COC(=O)C1=Cc2cc(COc3cc(CC(=O)c4ccc(CN5CCN(C)CC5)c(C(F)(F)F)c4)ccc3C)cnc2C1. The number of likely N-dealkylation sites (N-methyl/N-ethyl adjacent to an activating group) is 1. The Balaban J connectivity index is 1.26. The van der Waals surface area contributed by atoms with E-state index in [1.54, 1.807) is 24.4 Å². The lowest BCUT2D eigenvalue weighted by Crippen LogP contribution is -2.44. The molecule has 0 amide bonds.